The van der Waals surface area contributed by atoms with Crippen LogP contribution in [-0.2, 0) is 15.0 Å². The Bertz CT molecular complexity index is 2040. The standard InChI is InChI=1S/3C18H15P.Ir/c3*1-4-10-16(11-5-1)19(17-12-6-2-7-13-17)18-14-8-3-9-15-18;/h3*1-15H;/q;;;-3/p+3. The molecular formula is C54H48IrP3. The van der Waals surface area contributed by atoms with Gasteiger partial charge in [-0.15, -0.1) is 0 Å². The molecule has 0 atom stereocenters. The Labute approximate surface area is 350 Å². The van der Waals surface area contributed by atoms with Gasteiger partial charge < -0.3 is 0 Å². The van der Waals surface area contributed by atoms with Crippen LogP contribution in [0.2, 0.25) is 0 Å². The first kappa shape index (κ1) is 38.4. The van der Waals surface area contributed by atoms with Gasteiger partial charge in [-0.05, 0) is 0 Å². The predicted molar refractivity (Wildman–Crippen MR) is 260 cm³/mol. The molecule has 0 bridgehead atoms. The van der Waals surface area contributed by atoms with E-state index in [4.69, 9.17) is 0 Å². The zero-order valence-electron chi connectivity index (χ0n) is 32.3. The van der Waals surface area contributed by atoms with Gasteiger partial charge in [-0.25, -0.2) is 0 Å². The summed E-state index contributed by atoms with van der Waals surface area (Å²) >= 11 is -3.15. The fraction of sp³-hybridized carbons (Fsp3) is 0. The molecule has 0 fully saturated rings. The molecule has 9 aromatic rings. The van der Waals surface area contributed by atoms with E-state index in [1.54, 1.807) is 0 Å². The maximum absolute atomic E-state index is 3.15. The van der Waals surface area contributed by atoms with Crippen molar-refractivity contribution < 1.29 is 15.0 Å². The Morgan fingerprint density at radius 3 is 0.362 bits per heavy atom. The average molecular weight is 982 g/mol. The van der Waals surface area contributed by atoms with E-state index in [1.165, 1.54) is 47.7 Å². The molecule has 0 aromatic heterocycles. The zero-order chi connectivity index (χ0) is 39.1. The molecule has 0 spiro atoms. The van der Waals surface area contributed by atoms with Crippen LogP contribution in [0.4, 0.5) is 0 Å². The molecular weight excluding hydrogens is 934 g/mol. The van der Waals surface area contributed by atoms with Crippen LogP contribution in [0.25, 0.3) is 0 Å². The fourth-order valence-electron chi connectivity index (χ4n) is 8.87. The minimum atomic E-state index is -3.15. The molecule has 0 nitrogen and oxygen atoms in total. The van der Waals surface area contributed by atoms with E-state index >= 15 is 0 Å². The third kappa shape index (κ3) is 6.57. The topological polar surface area (TPSA) is 0 Å². The average Bonchev–Trinajstić information content (AvgIpc) is 3.33. The van der Waals surface area contributed by atoms with E-state index in [1.807, 2.05) is 0 Å². The number of rotatable bonds is 12. The third-order valence-electron chi connectivity index (χ3n) is 11.2. The van der Waals surface area contributed by atoms with Gasteiger partial charge in [0.2, 0.25) is 0 Å². The van der Waals surface area contributed by atoms with Crippen LogP contribution in [0.5, 0.6) is 0 Å². The van der Waals surface area contributed by atoms with Gasteiger partial charge in [-0.2, -0.15) is 0 Å². The van der Waals surface area contributed by atoms with Crippen molar-refractivity contribution in [3.8, 4) is 0 Å². The first-order valence-corrected chi connectivity index (χ1v) is 36.2. The SMILES string of the molecule is c1ccc([PH](c2ccccc2)(c2ccccc2)[Ir]([PH](c2ccccc2)(c2ccccc2)c2ccccc2)[PH](c2ccccc2)(c2ccccc2)c2ccccc2)cc1. The Hall–Kier alpha value is -5.08. The normalized spacial score (nSPS) is 12.9. The summed E-state index contributed by atoms with van der Waals surface area (Å²) in [7, 11) is 0. The molecule has 0 N–H and O–H groups in total. The summed E-state index contributed by atoms with van der Waals surface area (Å²) in [6.45, 7) is 0. The van der Waals surface area contributed by atoms with E-state index < -0.39 is 31.5 Å². The molecule has 0 heterocycles. The van der Waals surface area contributed by atoms with Crippen LogP contribution in [0, 0.1) is 0 Å². The maximum atomic E-state index is 2.51. The summed E-state index contributed by atoms with van der Waals surface area (Å²) in [6, 6.07) is 107. The van der Waals surface area contributed by atoms with Gasteiger partial charge >= 0.3 is 352 Å². The van der Waals surface area contributed by atoms with Gasteiger partial charge in [0, 0.05) is 0 Å². The first-order chi connectivity index (χ1) is 28.8. The van der Waals surface area contributed by atoms with E-state index in [2.05, 4.69) is 273 Å². The van der Waals surface area contributed by atoms with Crippen molar-refractivity contribution in [3.05, 3.63) is 273 Å². The summed E-state index contributed by atoms with van der Waals surface area (Å²) in [4.78, 5) is 0. The van der Waals surface area contributed by atoms with Crippen molar-refractivity contribution in [1.29, 1.82) is 0 Å². The van der Waals surface area contributed by atoms with E-state index in [0.29, 0.717) is 0 Å². The molecule has 0 unspecified atom stereocenters. The van der Waals surface area contributed by atoms with E-state index in [9.17, 15) is 0 Å². The van der Waals surface area contributed by atoms with Crippen LogP contribution in [0.3, 0.4) is 0 Å². The van der Waals surface area contributed by atoms with Gasteiger partial charge in [0.1, 0.15) is 0 Å². The Morgan fingerprint density at radius 1 is 0.155 bits per heavy atom. The molecule has 9 rings (SSSR count). The second-order valence-corrected chi connectivity index (χ2v) is 57.7. The molecule has 0 amide bonds. The molecule has 0 radical (unpaired) electrons. The van der Waals surface area contributed by atoms with Gasteiger partial charge in [0.15, 0.2) is 0 Å². The molecule has 0 aliphatic heterocycles. The minimum absolute atomic E-state index is 1.50. The van der Waals surface area contributed by atoms with Gasteiger partial charge in [0.05, 0.1) is 0 Å². The van der Waals surface area contributed by atoms with Crippen molar-refractivity contribution in [2.24, 2.45) is 0 Å². The summed E-state index contributed by atoms with van der Waals surface area (Å²) in [5.74, 6) is 0. The van der Waals surface area contributed by atoms with Gasteiger partial charge in [-0.1, -0.05) is 0 Å². The number of hydrogen-bond donors (Lipinski definition) is 0. The number of hydrogen-bond acceptors (Lipinski definition) is 0. The van der Waals surface area contributed by atoms with Crippen molar-refractivity contribution in [3.63, 3.8) is 0 Å². The summed E-state index contributed by atoms with van der Waals surface area (Å²) in [5, 5.41) is 13.5. The van der Waals surface area contributed by atoms with Crippen LogP contribution in [0.1, 0.15) is 0 Å². The molecule has 0 aliphatic rings. The van der Waals surface area contributed by atoms with Crippen molar-refractivity contribution >= 4 is 64.2 Å². The second-order valence-electron chi connectivity index (χ2n) is 14.4. The zero-order valence-corrected chi connectivity index (χ0v) is 37.7. The quantitative estimate of drug-likeness (QED) is 0.107. The monoisotopic (exact) mass is 982 g/mol. The van der Waals surface area contributed by atoms with Crippen molar-refractivity contribution in [2.45, 2.75) is 0 Å². The molecule has 0 saturated heterocycles. The number of benzene rings is 9. The molecule has 4 heteroatoms. The molecule has 0 saturated carbocycles. The predicted octanol–water partition coefficient (Wildman–Crippen LogP) is 9.53. The van der Waals surface area contributed by atoms with Gasteiger partial charge in [0.25, 0.3) is 0 Å². The molecule has 288 valence electrons. The van der Waals surface area contributed by atoms with E-state index in [-0.39, 0.29) is 0 Å². The molecule has 9 aromatic carbocycles. The van der Waals surface area contributed by atoms with Gasteiger partial charge in [-0.3, -0.25) is 0 Å². The summed E-state index contributed by atoms with van der Waals surface area (Å²) in [6.07, 6.45) is 0. The molecule has 0 aliphatic carbocycles. The summed E-state index contributed by atoms with van der Waals surface area (Å²) in [5.41, 5.74) is -9.39. The second kappa shape index (κ2) is 17.4. The van der Waals surface area contributed by atoms with Crippen LogP contribution >= 0.6 is 16.5 Å². The Kier molecular flexibility index (Phi) is 11.5. The van der Waals surface area contributed by atoms with Crippen molar-refractivity contribution in [1.82, 2.24) is 0 Å². The fourth-order valence-corrected chi connectivity index (χ4v) is 132. The summed E-state index contributed by atoms with van der Waals surface area (Å²) < 4.78 is 0. The van der Waals surface area contributed by atoms with Crippen LogP contribution < -0.4 is 47.7 Å². The van der Waals surface area contributed by atoms with Crippen LogP contribution in [0.15, 0.2) is 273 Å². The Morgan fingerprint density at radius 2 is 0.259 bits per heavy atom. The van der Waals surface area contributed by atoms with Crippen molar-refractivity contribution in [2.75, 3.05) is 0 Å². The van der Waals surface area contributed by atoms with Crippen LogP contribution in [-0.4, -0.2) is 0 Å². The third-order valence-corrected chi connectivity index (χ3v) is 94.3. The first-order valence-electron chi connectivity index (χ1n) is 19.9. The molecule has 58 heavy (non-hydrogen) atoms. The van der Waals surface area contributed by atoms with E-state index in [0.717, 1.165) is 0 Å². The Balaban J connectivity index is 1.68.